The standard InChI is InChI=1S/C15H21FN2O2/c16-13-6-1-4-12(10-13)5-2-8-17-15(19)18-11-14-7-3-9-20-14/h1,4,6,10,14H,2-3,5,7-9,11H2,(H2,17,18,19)/t14-/m1/s1. The van der Waals surface area contributed by atoms with Crippen molar-refractivity contribution in [1.82, 2.24) is 10.6 Å². The molecule has 1 atom stereocenters. The maximum Gasteiger partial charge on any atom is 0.314 e. The van der Waals surface area contributed by atoms with Gasteiger partial charge in [-0.3, -0.25) is 0 Å². The van der Waals surface area contributed by atoms with Gasteiger partial charge >= 0.3 is 6.03 Å². The monoisotopic (exact) mass is 280 g/mol. The summed E-state index contributed by atoms with van der Waals surface area (Å²) in [4.78, 5) is 11.5. The maximum atomic E-state index is 13.0. The molecule has 110 valence electrons. The van der Waals surface area contributed by atoms with Crippen molar-refractivity contribution in [1.29, 1.82) is 0 Å². The molecule has 0 bridgehead atoms. The third-order valence-electron chi connectivity index (χ3n) is 3.33. The van der Waals surface area contributed by atoms with E-state index in [1.54, 1.807) is 6.07 Å². The Hall–Kier alpha value is -1.62. The van der Waals surface area contributed by atoms with Crippen LogP contribution in [0, 0.1) is 5.82 Å². The van der Waals surface area contributed by atoms with Gasteiger partial charge in [-0.1, -0.05) is 12.1 Å². The van der Waals surface area contributed by atoms with Gasteiger partial charge in [-0.25, -0.2) is 9.18 Å². The molecule has 1 aromatic rings. The molecule has 1 aliphatic rings. The number of amides is 2. The number of carbonyl (C=O) groups is 1. The fourth-order valence-electron chi connectivity index (χ4n) is 2.26. The lowest BCUT2D eigenvalue weighted by atomic mass is 10.1. The fraction of sp³-hybridized carbons (Fsp3) is 0.533. The molecule has 1 aliphatic heterocycles. The maximum absolute atomic E-state index is 13.0. The van der Waals surface area contributed by atoms with Gasteiger partial charge in [-0.05, 0) is 43.4 Å². The van der Waals surface area contributed by atoms with Crippen LogP contribution in [0.15, 0.2) is 24.3 Å². The van der Waals surface area contributed by atoms with E-state index in [1.165, 1.54) is 12.1 Å². The molecule has 2 rings (SSSR count). The minimum absolute atomic E-state index is 0.160. The number of nitrogens with one attached hydrogen (secondary N) is 2. The van der Waals surface area contributed by atoms with Crippen LogP contribution in [-0.4, -0.2) is 31.8 Å². The van der Waals surface area contributed by atoms with Crippen LogP contribution in [0.2, 0.25) is 0 Å². The summed E-state index contributed by atoms with van der Waals surface area (Å²) in [6.45, 7) is 1.94. The van der Waals surface area contributed by atoms with Crippen molar-refractivity contribution in [2.75, 3.05) is 19.7 Å². The molecular weight excluding hydrogens is 259 g/mol. The highest BCUT2D eigenvalue weighted by atomic mass is 19.1. The SMILES string of the molecule is O=C(NCCCc1cccc(F)c1)NC[C@H]1CCCO1. The van der Waals surface area contributed by atoms with Crippen molar-refractivity contribution < 1.29 is 13.9 Å². The number of aryl methyl sites for hydroxylation is 1. The highest BCUT2D eigenvalue weighted by Crippen LogP contribution is 2.10. The zero-order chi connectivity index (χ0) is 14.2. The number of hydrogen-bond acceptors (Lipinski definition) is 2. The first-order valence-corrected chi connectivity index (χ1v) is 7.12. The molecule has 0 aliphatic carbocycles. The van der Waals surface area contributed by atoms with E-state index in [4.69, 9.17) is 4.74 Å². The van der Waals surface area contributed by atoms with Gasteiger partial charge in [0.15, 0.2) is 0 Å². The lowest BCUT2D eigenvalue weighted by Gasteiger charge is -2.11. The normalized spacial score (nSPS) is 17.9. The molecule has 0 saturated carbocycles. The molecular formula is C15H21FN2O2. The summed E-state index contributed by atoms with van der Waals surface area (Å²) in [5, 5.41) is 5.59. The molecule has 1 saturated heterocycles. The molecule has 20 heavy (non-hydrogen) atoms. The Labute approximate surface area is 118 Å². The Bertz CT molecular complexity index is 434. The van der Waals surface area contributed by atoms with Crippen LogP contribution in [0.5, 0.6) is 0 Å². The van der Waals surface area contributed by atoms with Gasteiger partial charge in [0.2, 0.25) is 0 Å². The highest BCUT2D eigenvalue weighted by Gasteiger charge is 2.15. The first-order valence-electron chi connectivity index (χ1n) is 7.12. The number of rotatable bonds is 6. The van der Waals surface area contributed by atoms with E-state index < -0.39 is 0 Å². The number of urea groups is 1. The average Bonchev–Trinajstić information content (AvgIpc) is 2.95. The summed E-state index contributed by atoms with van der Waals surface area (Å²) in [5.74, 6) is -0.218. The summed E-state index contributed by atoms with van der Waals surface area (Å²) < 4.78 is 18.4. The topological polar surface area (TPSA) is 50.4 Å². The second-order valence-electron chi connectivity index (χ2n) is 5.01. The van der Waals surface area contributed by atoms with Crippen molar-refractivity contribution >= 4 is 6.03 Å². The first-order chi connectivity index (χ1) is 9.74. The Morgan fingerprint density at radius 1 is 1.40 bits per heavy atom. The Morgan fingerprint density at radius 3 is 3.05 bits per heavy atom. The fourth-order valence-corrected chi connectivity index (χ4v) is 2.26. The van der Waals surface area contributed by atoms with Crippen LogP contribution in [-0.2, 0) is 11.2 Å². The Balaban J connectivity index is 1.55. The number of hydrogen-bond donors (Lipinski definition) is 2. The van der Waals surface area contributed by atoms with Gasteiger partial charge < -0.3 is 15.4 Å². The molecule has 2 N–H and O–H groups in total. The predicted molar refractivity (Wildman–Crippen MR) is 75.1 cm³/mol. The molecule has 1 fully saturated rings. The van der Waals surface area contributed by atoms with E-state index in [-0.39, 0.29) is 18.0 Å². The molecule has 4 nitrogen and oxygen atoms in total. The zero-order valence-corrected chi connectivity index (χ0v) is 11.5. The van der Waals surface area contributed by atoms with Gasteiger partial charge in [-0.2, -0.15) is 0 Å². The molecule has 1 heterocycles. The second-order valence-corrected chi connectivity index (χ2v) is 5.01. The van der Waals surface area contributed by atoms with Crippen LogP contribution >= 0.6 is 0 Å². The number of carbonyl (C=O) groups excluding carboxylic acids is 1. The van der Waals surface area contributed by atoms with Gasteiger partial charge in [0.05, 0.1) is 6.10 Å². The quantitative estimate of drug-likeness (QED) is 0.785. The van der Waals surface area contributed by atoms with E-state index in [0.717, 1.165) is 37.9 Å². The van der Waals surface area contributed by atoms with Crippen molar-refractivity contribution in [2.24, 2.45) is 0 Å². The molecule has 5 heteroatoms. The molecule has 0 spiro atoms. The molecule has 0 aromatic heterocycles. The predicted octanol–water partition coefficient (Wildman–Crippen LogP) is 2.24. The average molecular weight is 280 g/mol. The largest absolute Gasteiger partial charge is 0.376 e. The van der Waals surface area contributed by atoms with Crippen LogP contribution in [0.1, 0.15) is 24.8 Å². The second kappa shape index (κ2) is 7.85. The number of benzene rings is 1. The highest BCUT2D eigenvalue weighted by molar-refractivity contribution is 5.73. The summed E-state index contributed by atoms with van der Waals surface area (Å²) in [6, 6.07) is 6.38. The van der Waals surface area contributed by atoms with Crippen molar-refractivity contribution in [3.63, 3.8) is 0 Å². The van der Waals surface area contributed by atoms with Gasteiger partial charge in [-0.15, -0.1) is 0 Å². The van der Waals surface area contributed by atoms with Crippen molar-refractivity contribution in [3.8, 4) is 0 Å². The third-order valence-corrected chi connectivity index (χ3v) is 3.33. The van der Waals surface area contributed by atoms with Crippen LogP contribution in [0.3, 0.4) is 0 Å². The zero-order valence-electron chi connectivity index (χ0n) is 11.5. The number of ether oxygens (including phenoxy) is 1. The Kier molecular flexibility index (Phi) is 5.80. The van der Waals surface area contributed by atoms with E-state index in [9.17, 15) is 9.18 Å². The van der Waals surface area contributed by atoms with Gasteiger partial charge in [0.1, 0.15) is 5.82 Å². The van der Waals surface area contributed by atoms with E-state index in [2.05, 4.69) is 10.6 Å². The van der Waals surface area contributed by atoms with E-state index in [0.29, 0.717) is 13.1 Å². The Morgan fingerprint density at radius 2 is 2.30 bits per heavy atom. The van der Waals surface area contributed by atoms with E-state index >= 15 is 0 Å². The summed E-state index contributed by atoms with van der Waals surface area (Å²) in [7, 11) is 0. The van der Waals surface area contributed by atoms with Gasteiger partial charge in [0.25, 0.3) is 0 Å². The summed E-state index contributed by atoms with van der Waals surface area (Å²) >= 11 is 0. The third kappa shape index (κ3) is 5.17. The lowest BCUT2D eigenvalue weighted by molar-refractivity contribution is 0.111. The molecule has 0 radical (unpaired) electrons. The van der Waals surface area contributed by atoms with Crippen LogP contribution < -0.4 is 10.6 Å². The summed E-state index contributed by atoms with van der Waals surface area (Å²) in [5.41, 5.74) is 0.951. The summed E-state index contributed by atoms with van der Waals surface area (Å²) in [6.07, 6.45) is 3.79. The first kappa shape index (κ1) is 14.8. The molecule has 1 aromatic carbocycles. The molecule has 2 amide bonds. The smallest absolute Gasteiger partial charge is 0.314 e. The van der Waals surface area contributed by atoms with Crippen molar-refractivity contribution in [2.45, 2.75) is 31.8 Å². The minimum atomic E-state index is -0.218. The van der Waals surface area contributed by atoms with Crippen LogP contribution in [0.25, 0.3) is 0 Å². The lowest BCUT2D eigenvalue weighted by Crippen LogP contribution is -2.40. The van der Waals surface area contributed by atoms with Gasteiger partial charge in [0, 0.05) is 19.7 Å². The van der Waals surface area contributed by atoms with Crippen molar-refractivity contribution in [3.05, 3.63) is 35.6 Å². The number of halogens is 1. The van der Waals surface area contributed by atoms with Crippen LogP contribution in [0.4, 0.5) is 9.18 Å². The van der Waals surface area contributed by atoms with E-state index in [1.807, 2.05) is 6.07 Å². The molecule has 0 unspecified atom stereocenters. The minimum Gasteiger partial charge on any atom is -0.376 e.